The van der Waals surface area contributed by atoms with Gasteiger partial charge in [-0.3, -0.25) is 0 Å². The number of thiazole rings is 1. The van der Waals surface area contributed by atoms with Crippen LogP contribution in [0.4, 0.5) is 0 Å². The molecule has 1 heterocycles. The van der Waals surface area contributed by atoms with Crippen LogP contribution < -0.4 is 4.74 Å². The first-order valence-corrected chi connectivity index (χ1v) is 8.40. The van der Waals surface area contributed by atoms with Gasteiger partial charge < -0.3 is 9.47 Å². The largest absolute Gasteiger partial charge is 0.463 e. The van der Waals surface area contributed by atoms with Gasteiger partial charge in [-0.25, -0.2) is 4.98 Å². The molecule has 0 saturated heterocycles. The van der Waals surface area contributed by atoms with Crippen LogP contribution in [0.5, 0.6) is 5.19 Å². The third-order valence-electron chi connectivity index (χ3n) is 3.13. The molecule has 114 valence electrons. The molecule has 0 saturated carbocycles. The van der Waals surface area contributed by atoms with Crippen molar-refractivity contribution in [3.63, 3.8) is 0 Å². The minimum Gasteiger partial charge on any atom is -0.463 e. The molecule has 0 fully saturated rings. The Morgan fingerprint density at radius 2 is 1.82 bits per heavy atom. The molecule has 1 atom stereocenters. The van der Waals surface area contributed by atoms with Gasteiger partial charge in [0.2, 0.25) is 0 Å². The molecule has 0 bridgehead atoms. The van der Waals surface area contributed by atoms with Crippen LogP contribution in [0.3, 0.4) is 0 Å². The van der Waals surface area contributed by atoms with Gasteiger partial charge in [0.1, 0.15) is 6.10 Å². The Labute approximate surface area is 138 Å². The van der Waals surface area contributed by atoms with E-state index in [1.165, 1.54) is 11.3 Å². The van der Waals surface area contributed by atoms with Crippen molar-refractivity contribution in [3.8, 4) is 5.19 Å². The van der Waals surface area contributed by atoms with Crippen LogP contribution in [0, 0.1) is 0 Å². The average Bonchev–Trinajstić information content (AvgIpc) is 2.97. The number of halogens is 1. The molecule has 0 aliphatic heterocycles. The first-order valence-electron chi connectivity index (χ1n) is 7.05. The Bertz CT molecular complexity index is 684. The van der Waals surface area contributed by atoms with Gasteiger partial charge in [0.25, 0.3) is 5.19 Å². The van der Waals surface area contributed by atoms with Gasteiger partial charge in [0.15, 0.2) is 0 Å². The van der Waals surface area contributed by atoms with Crippen LogP contribution in [0.25, 0.3) is 10.2 Å². The van der Waals surface area contributed by atoms with E-state index in [0.717, 1.165) is 15.8 Å². The zero-order chi connectivity index (χ0) is 15.2. The molecule has 3 nitrogen and oxygen atoms in total. The van der Waals surface area contributed by atoms with Gasteiger partial charge in [0.05, 0.1) is 29.3 Å². The molecule has 3 aromatic rings. The predicted octanol–water partition coefficient (Wildman–Crippen LogP) is 4.50. The topological polar surface area (TPSA) is 31.4 Å². The maximum atomic E-state index is 5.97. The van der Waals surface area contributed by atoms with Crippen LogP contribution in [0.1, 0.15) is 5.56 Å². The van der Waals surface area contributed by atoms with Gasteiger partial charge >= 0.3 is 0 Å². The van der Waals surface area contributed by atoms with Gasteiger partial charge in [-0.1, -0.05) is 53.8 Å². The maximum Gasteiger partial charge on any atom is 0.274 e. The summed E-state index contributed by atoms with van der Waals surface area (Å²) in [6.45, 7) is 0.992. The van der Waals surface area contributed by atoms with Crippen LogP contribution in [-0.4, -0.2) is 23.6 Å². The van der Waals surface area contributed by atoms with Gasteiger partial charge in [-0.05, 0) is 17.7 Å². The van der Waals surface area contributed by atoms with E-state index in [-0.39, 0.29) is 6.10 Å². The standard InChI is InChI=1S/C17H16ClNO2S/c18-10-14(12-20-11-13-6-2-1-3-7-13)21-17-19-15-8-4-5-9-16(15)22-17/h1-9,14H,10-12H2. The monoisotopic (exact) mass is 333 g/mol. The smallest absolute Gasteiger partial charge is 0.274 e. The minimum atomic E-state index is -0.203. The number of hydrogen-bond acceptors (Lipinski definition) is 4. The second-order valence-electron chi connectivity index (χ2n) is 4.84. The lowest BCUT2D eigenvalue weighted by Gasteiger charge is -2.14. The summed E-state index contributed by atoms with van der Waals surface area (Å²) in [5, 5.41) is 0.634. The van der Waals surface area contributed by atoms with Crippen LogP contribution in [0.2, 0.25) is 0 Å². The zero-order valence-corrected chi connectivity index (χ0v) is 13.5. The number of nitrogens with zero attached hydrogens (tertiary/aromatic N) is 1. The van der Waals surface area contributed by atoms with Crippen molar-refractivity contribution in [2.75, 3.05) is 12.5 Å². The highest BCUT2D eigenvalue weighted by Gasteiger charge is 2.13. The molecule has 0 spiro atoms. The summed E-state index contributed by atoms with van der Waals surface area (Å²) in [5.74, 6) is 0.366. The molecule has 5 heteroatoms. The number of ether oxygens (including phenoxy) is 2. The SMILES string of the molecule is ClCC(COCc1ccccc1)Oc1nc2ccccc2s1. The van der Waals surface area contributed by atoms with Crippen molar-refractivity contribution in [2.24, 2.45) is 0 Å². The molecular formula is C17H16ClNO2S. The van der Waals surface area contributed by atoms with Crippen molar-refractivity contribution < 1.29 is 9.47 Å². The summed E-state index contributed by atoms with van der Waals surface area (Å²) < 4.78 is 12.6. The molecule has 2 aromatic carbocycles. The molecule has 22 heavy (non-hydrogen) atoms. The second kappa shape index (κ2) is 7.58. The lowest BCUT2D eigenvalue weighted by atomic mass is 10.2. The summed E-state index contributed by atoms with van der Waals surface area (Å²) in [6, 6.07) is 18.0. The Kier molecular flexibility index (Phi) is 5.27. The maximum absolute atomic E-state index is 5.97. The summed E-state index contributed by atoms with van der Waals surface area (Å²) >= 11 is 7.49. The van der Waals surface area contributed by atoms with Crippen molar-refractivity contribution in [3.05, 3.63) is 60.2 Å². The predicted molar refractivity (Wildman–Crippen MR) is 90.9 cm³/mol. The molecule has 0 aliphatic carbocycles. The molecule has 3 rings (SSSR count). The first-order chi connectivity index (χ1) is 10.8. The van der Waals surface area contributed by atoms with Crippen molar-refractivity contribution >= 4 is 33.2 Å². The fourth-order valence-electron chi connectivity index (χ4n) is 2.04. The Morgan fingerprint density at radius 1 is 1.05 bits per heavy atom. The number of para-hydroxylation sites is 1. The molecule has 0 aliphatic rings. The number of hydrogen-bond donors (Lipinski definition) is 0. The quantitative estimate of drug-likeness (QED) is 0.596. The molecule has 1 unspecified atom stereocenters. The van der Waals surface area contributed by atoms with Crippen molar-refractivity contribution in [1.29, 1.82) is 0 Å². The van der Waals surface area contributed by atoms with Gasteiger partial charge in [0, 0.05) is 0 Å². The summed E-state index contributed by atoms with van der Waals surface area (Å²) in [7, 11) is 0. The lowest BCUT2D eigenvalue weighted by molar-refractivity contribution is 0.0507. The first kappa shape index (κ1) is 15.3. The minimum absolute atomic E-state index is 0.203. The van der Waals surface area contributed by atoms with Gasteiger partial charge in [-0.15, -0.1) is 11.6 Å². The van der Waals surface area contributed by atoms with Crippen molar-refractivity contribution in [1.82, 2.24) is 4.98 Å². The highest BCUT2D eigenvalue weighted by atomic mass is 35.5. The van der Waals surface area contributed by atoms with Gasteiger partial charge in [-0.2, -0.15) is 0 Å². The fourth-order valence-corrected chi connectivity index (χ4v) is 3.07. The van der Waals surface area contributed by atoms with Crippen LogP contribution >= 0.6 is 22.9 Å². The summed E-state index contributed by atoms with van der Waals surface area (Å²) in [5.41, 5.74) is 2.08. The van der Waals surface area contributed by atoms with E-state index >= 15 is 0 Å². The van der Waals surface area contributed by atoms with E-state index in [2.05, 4.69) is 4.98 Å². The third kappa shape index (κ3) is 3.97. The number of fused-ring (bicyclic) bond motifs is 1. The number of aromatic nitrogens is 1. The molecule has 0 amide bonds. The van der Waals surface area contributed by atoms with E-state index in [1.54, 1.807) is 0 Å². The van der Waals surface area contributed by atoms with E-state index in [0.29, 0.717) is 24.3 Å². The number of benzene rings is 2. The molecule has 0 radical (unpaired) electrons. The van der Waals surface area contributed by atoms with E-state index in [4.69, 9.17) is 21.1 Å². The lowest BCUT2D eigenvalue weighted by Crippen LogP contribution is -2.24. The Balaban J connectivity index is 1.55. The average molecular weight is 334 g/mol. The Hall–Kier alpha value is -1.62. The van der Waals surface area contributed by atoms with E-state index in [9.17, 15) is 0 Å². The van der Waals surface area contributed by atoms with Crippen LogP contribution in [-0.2, 0) is 11.3 Å². The van der Waals surface area contributed by atoms with Crippen molar-refractivity contribution in [2.45, 2.75) is 12.7 Å². The molecule has 1 aromatic heterocycles. The third-order valence-corrected chi connectivity index (χ3v) is 4.40. The van der Waals surface area contributed by atoms with E-state index < -0.39 is 0 Å². The van der Waals surface area contributed by atoms with E-state index in [1.807, 2.05) is 54.6 Å². The normalized spacial score (nSPS) is 12.4. The Morgan fingerprint density at radius 3 is 2.59 bits per heavy atom. The molecular weight excluding hydrogens is 318 g/mol. The zero-order valence-electron chi connectivity index (χ0n) is 11.9. The highest BCUT2D eigenvalue weighted by Crippen LogP contribution is 2.28. The fraction of sp³-hybridized carbons (Fsp3) is 0.235. The number of alkyl halides is 1. The highest BCUT2D eigenvalue weighted by molar-refractivity contribution is 7.20. The second-order valence-corrected chi connectivity index (χ2v) is 6.14. The molecule has 0 N–H and O–H groups in total. The van der Waals surface area contributed by atoms with Crippen LogP contribution in [0.15, 0.2) is 54.6 Å². The summed E-state index contributed by atoms with van der Waals surface area (Å²) in [4.78, 5) is 4.45. The number of rotatable bonds is 7. The summed E-state index contributed by atoms with van der Waals surface area (Å²) in [6.07, 6.45) is -0.203.